The minimum atomic E-state index is -0.140. The topological polar surface area (TPSA) is 65.4 Å². The molecular weight excluding hydrogens is 516 g/mol. The number of nitrogens with one attached hydrogen (secondary N) is 2. The SMILES string of the molecule is CCC(=O)Nc1ccc(N2C(=S)NC(c3ccccn3)C2c2cc(C)n(-c3ccc(N(C)C)cc3)c2C)cc1C. The Kier molecular flexibility index (Phi) is 7.63. The molecule has 40 heavy (non-hydrogen) atoms. The van der Waals surface area contributed by atoms with Crippen LogP contribution in [0.1, 0.15) is 53.6 Å². The summed E-state index contributed by atoms with van der Waals surface area (Å²) in [7, 11) is 4.10. The van der Waals surface area contributed by atoms with Gasteiger partial charge < -0.3 is 25.0 Å². The zero-order valence-corrected chi connectivity index (χ0v) is 24.7. The van der Waals surface area contributed by atoms with E-state index >= 15 is 0 Å². The van der Waals surface area contributed by atoms with Gasteiger partial charge in [0, 0.05) is 60.9 Å². The molecule has 2 aromatic carbocycles. The highest BCUT2D eigenvalue weighted by Crippen LogP contribution is 2.44. The molecule has 5 rings (SSSR count). The molecule has 0 radical (unpaired) electrons. The van der Waals surface area contributed by atoms with Gasteiger partial charge in [0.2, 0.25) is 5.91 Å². The molecule has 0 bridgehead atoms. The molecule has 1 aliphatic heterocycles. The van der Waals surface area contributed by atoms with Gasteiger partial charge in [-0.25, -0.2) is 0 Å². The predicted octanol–water partition coefficient (Wildman–Crippen LogP) is 6.39. The van der Waals surface area contributed by atoms with Gasteiger partial charge in [-0.3, -0.25) is 9.78 Å². The lowest BCUT2D eigenvalue weighted by atomic mass is 9.96. The van der Waals surface area contributed by atoms with Gasteiger partial charge in [-0.2, -0.15) is 0 Å². The van der Waals surface area contributed by atoms with Crippen LogP contribution in [0, 0.1) is 20.8 Å². The van der Waals surface area contributed by atoms with Gasteiger partial charge in [0.1, 0.15) is 0 Å². The highest BCUT2D eigenvalue weighted by Gasteiger charge is 2.42. The van der Waals surface area contributed by atoms with E-state index in [0.717, 1.165) is 45.4 Å². The van der Waals surface area contributed by atoms with E-state index in [1.54, 1.807) is 0 Å². The van der Waals surface area contributed by atoms with Crippen molar-refractivity contribution in [2.45, 2.75) is 46.2 Å². The summed E-state index contributed by atoms with van der Waals surface area (Å²) in [6.45, 7) is 8.18. The van der Waals surface area contributed by atoms with Crippen molar-refractivity contribution < 1.29 is 4.79 Å². The van der Waals surface area contributed by atoms with E-state index in [9.17, 15) is 4.79 Å². The minimum absolute atomic E-state index is 0.00615. The van der Waals surface area contributed by atoms with Gasteiger partial charge in [-0.05, 0) is 105 Å². The molecule has 1 amide bonds. The second kappa shape index (κ2) is 11.1. The number of thiocarbonyl (C=S) groups is 1. The first-order valence-electron chi connectivity index (χ1n) is 13.6. The number of benzene rings is 2. The lowest BCUT2D eigenvalue weighted by molar-refractivity contribution is -0.115. The third-order valence-corrected chi connectivity index (χ3v) is 7.91. The molecule has 2 unspecified atom stereocenters. The molecule has 1 aliphatic rings. The Balaban J connectivity index is 1.61. The van der Waals surface area contributed by atoms with Crippen molar-refractivity contribution in [2.24, 2.45) is 0 Å². The van der Waals surface area contributed by atoms with E-state index in [0.29, 0.717) is 11.5 Å². The maximum atomic E-state index is 12.0. The van der Waals surface area contributed by atoms with Crippen molar-refractivity contribution >= 4 is 40.3 Å². The molecule has 2 aromatic heterocycles. The molecule has 0 aliphatic carbocycles. The van der Waals surface area contributed by atoms with Crippen LogP contribution >= 0.6 is 12.2 Å². The van der Waals surface area contributed by atoms with E-state index in [-0.39, 0.29) is 18.0 Å². The first kappa shape index (κ1) is 27.4. The van der Waals surface area contributed by atoms with E-state index in [1.807, 2.05) is 64.5 Å². The van der Waals surface area contributed by atoms with Gasteiger partial charge in [0.15, 0.2) is 5.11 Å². The number of carbonyl (C=O) groups excluding carboxylic acids is 1. The largest absolute Gasteiger partial charge is 0.378 e. The molecule has 7 nitrogen and oxygen atoms in total. The Hall–Kier alpha value is -4.17. The first-order chi connectivity index (χ1) is 19.2. The van der Waals surface area contributed by atoms with Crippen LogP contribution < -0.4 is 20.4 Å². The highest BCUT2D eigenvalue weighted by atomic mass is 32.1. The van der Waals surface area contributed by atoms with Crippen molar-refractivity contribution in [1.29, 1.82) is 0 Å². The lowest BCUT2D eigenvalue weighted by Gasteiger charge is -2.29. The molecule has 1 fully saturated rings. The van der Waals surface area contributed by atoms with Crippen molar-refractivity contribution in [3.63, 3.8) is 0 Å². The number of amides is 1. The Labute approximate surface area is 241 Å². The molecule has 2 N–H and O–H groups in total. The third kappa shape index (κ3) is 5.07. The number of aromatic nitrogens is 2. The molecule has 206 valence electrons. The summed E-state index contributed by atoms with van der Waals surface area (Å²) >= 11 is 5.96. The first-order valence-corrected chi connectivity index (χ1v) is 14.0. The highest BCUT2D eigenvalue weighted by molar-refractivity contribution is 7.80. The number of carbonyl (C=O) groups is 1. The number of aryl methyl sites for hydroxylation is 2. The van der Waals surface area contributed by atoms with Crippen LogP contribution in [0.3, 0.4) is 0 Å². The van der Waals surface area contributed by atoms with Crippen LogP contribution in [0.15, 0.2) is 72.9 Å². The second-order valence-electron chi connectivity index (χ2n) is 10.5. The van der Waals surface area contributed by atoms with Crippen molar-refractivity contribution in [3.8, 4) is 5.69 Å². The summed E-state index contributed by atoms with van der Waals surface area (Å²) in [4.78, 5) is 21.0. The van der Waals surface area contributed by atoms with Crippen molar-refractivity contribution in [3.05, 3.63) is 101 Å². The second-order valence-corrected chi connectivity index (χ2v) is 10.9. The van der Waals surface area contributed by atoms with Crippen LogP contribution in [-0.4, -0.2) is 34.7 Å². The fourth-order valence-electron chi connectivity index (χ4n) is 5.51. The molecule has 8 heteroatoms. The molecular formula is C32H36N6OS. The fourth-order valence-corrected chi connectivity index (χ4v) is 5.86. The number of hydrogen-bond acceptors (Lipinski definition) is 4. The Morgan fingerprint density at radius 3 is 2.38 bits per heavy atom. The van der Waals surface area contributed by atoms with Crippen LogP contribution in [0.2, 0.25) is 0 Å². The molecule has 2 atom stereocenters. The Bertz CT molecular complexity index is 1540. The van der Waals surface area contributed by atoms with Crippen LogP contribution in [-0.2, 0) is 4.79 Å². The fraction of sp³-hybridized carbons (Fsp3) is 0.281. The third-order valence-electron chi connectivity index (χ3n) is 7.59. The number of anilines is 3. The summed E-state index contributed by atoms with van der Waals surface area (Å²) in [5, 5.41) is 7.21. The Morgan fingerprint density at radius 2 is 1.75 bits per heavy atom. The molecule has 0 spiro atoms. The average molecular weight is 553 g/mol. The average Bonchev–Trinajstić information content (AvgIpc) is 3.44. The van der Waals surface area contributed by atoms with Gasteiger partial charge in [-0.1, -0.05) is 13.0 Å². The normalized spacial score (nSPS) is 16.6. The monoisotopic (exact) mass is 552 g/mol. The summed E-state index contributed by atoms with van der Waals surface area (Å²) in [5.74, 6) is -0.00615. The number of rotatable bonds is 7. The zero-order valence-electron chi connectivity index (χ0n) is 23.9. The lowest BCUT2D eigenvalue weighted by Crippen LogP contribution is -2.29. The maximum Gasteiger partial charge on any atom is 0.224 e. The molecule has 3 heterocycles. The number of nitrogens with zero attached hydrogens (tertiary/aromatic N) is 4. The summed E-state index contributed by atoms with van der Waals surface area (Å²) in [5.41, 5.74) is 9.45. The molecule has 1 saturated heterocycles. The smallest absolute Gasteiger partial charge is 0.224 e. The zero-order chi connectivity index (χ0) is 28.6. The van der Waals surface area contributed by atoms with Crippen LogP contribution in [0.25, 0.3) is 5.69 Å². The van der Waals surface area contributed by atoms with Crippen molar-refractivity contribution in [2.75, 3.05) is 29.2 Å². The van der Waals surface area contributed by atoms with Gasteiger partial charge in [-0.15, -0.1) is 0 Å². The van der Waals surface area contributed by atoms with Crippen LogP contribution in [0.5, 0.6) is 0 Å². The quantitative estimate of drug-likeness (QED) is 0.259. The molecule has 4 aromatic rings. The summed E-state index contributed by atoms with van der Waals surface area (Å²) < 4.78 is 2.30. The summed E-state index contributed by atoms with van der Waals surface area (Å²) in [6, 6.07) is 22.7. The van der Waals surface area contributed by atoms with E-state index in [2.05, 4.69) is 75.2 Å². The number of pyridine rings is 1. The van der Waals surface area contributed by atoms with Crippen LogP contribution in [0.4, 0.5) is 17.1 Å². The van der Waals surface area contributed by atoms with E-state index in [1.165, 1.54) is 5.56 Å². The van der Waals surface area contributed by atoms with Gasteiger partial charge >= 0.3 is 0 Å². The summed E-state index contributed by atoms with van der Waals surface area (Å²) in [6.07, 6.45) is 2.26. The van der Waals surface area contributed by atoms with Gasteiger partial charge in [0.25, 0.3) is 0 Å². The Morgan fingerprint density at radius 1 is 1.02 bits per heavy atom. The van der Waals surface area contributed by atoms with Gasteiger partial charge in [0.05, 0.1) is 17.8 Å². The van der Waals surface area contributed by atoms with Crippen molar-refractivity contribution in [1.82, 2.24) is 14.9 Å². The van der Waals surface area contributed by atoms with E-state index < -0.39 is 0 Å². The molecule has 0 saturated carbocycles. The standard InChI is InChI=1S/C32H36N6OS/c1-7-29(39)34-27-16-15-25(18-20(27)2)38-31(30(35-32(38)40)28-10-8-9-17-33-28)26-19-21(3)37(22(26)4)24-13-11-23(12-14-24)36(5)6/h8-19,30-31H,7H2,1-6H3,(H,34,39)(H,35,40). The predicted molar refractivity (Wildman–Crippen MR) is 168 cm³/mol. The minimum Gasteiger partial charge on any atom is -0.378 e. The number of hydrogen-bond donors (Lipinski definition) is 2. The van der Waals surface area contributed by atoms with E-state index in [4.69, 9.17) is 17.2 Å². The maximum absolute atomic E-state index is 12.0.